The van der Waals surface area contributed by atoms with Crippen molar-refractivity contribution in [1.82, 2.24) is 24.9 Å². The number of hydrogen-bond acceptors (Lipinski definition) is 8. The molecule has 158 valence electrons. The van der Waals surface area contributed by atoms with E-state index >= 15 is 0 Å². The molecule has 3 heterocycles. The molecule has 0 saturated heterocycles. The third-order valence-electron chi connectivity index (χ3n) is 4.84. The van der Waals surface area contributed by atoms with Gasteiger partial charge in [-0.2, -0.15) is 0 Å². The number of fused-ring (bicyclic) bond motifs is 1. The summed E-state index contributed by atoms with van der Waals surface area (Å²) < 4.78 is 11.5. The van der Waals surface area contributed by atoms with E-state index in [4.69, 9.17) is 9.47 Å². The summed E-state index contributed by atoms with van der Waals surface area (Å²) in [6, 6.07) is 9.85. The first-order valence-corrected chi connectivity index (χ1v) is 10.1. The van der Waals surface area contributed by atoms with Crippen LogP contribution in [0.3, 0.4) is 0 Å². The van der Waals surface area contributed by atoms with Crippen molar-refractivity contribution in [2.24, 2.45) is 0 Å². The molecule has 0 aliphatic rings. The summed E-state index contributed by atoms with van der Waals surface area (Å²) in [6.45, 7) is 4.95. The molecule has 1 N–H and O–H groups in total. The van der Waals surface area contributed by atoms with Crippen molar-refractivity contribution in [2.45, 2.75) is 26.2 Å². The first-order valence-electron chi connectivity index (χ1n) is 10.1. The van der Waals surface area contributed by atoms with Crippen molar-refractivity contribution in [3.63, 3.8) is 0 Å². The predicted octanol–water partition coefficient (Wildman–Crippen LogP) is 4.39. The van der Waals surface area contributed by atoms with E-state index < -0.39 is 0 Å². The molecule has 0 aliphatic carbocycles. The Labute approximate surface area is 180 Å². The standard InChI is InChI=1S/C23H24N6O2/c1-15(2)17-7-9-24-20(13-17)31-18-5-4-16(12-19(18)30-3)6-8-26-22-21-23(29-14-28-22)27-11-10-25-21/h4-5,7,9-15H,6,8H2,1-3H3,(H,26,27,28,29). The van der Waals surface area contributed by atoms with Crippen LogP contribution in [0.5, 0.6) is 17.4 Å². The van der Waals surface area contributed by atoms with E-state index in [0.29, 0.717) is 46.8 Å². The van der Waals surface area contributed by atoms with Gasteiger partial charge in [0, 0.05) is 31.2 Å². The van der Waals surface area contributed by atoms with E-state index in [1.54, 1.807) is 25.7 Å². The zero-order valence-electron chi connectivity index (χ0n) is 17.7. The van der Waals surface area contributed by atoms with Crippen molar-refractivity contribution in [3.05, 3.63) is 66.4 Å². The molecule has 0 saturated carbocycles. The molecule has 1 aromatic carbocycles. The van der Waals surface area contributed by atoms with Gasteiger partial charge in [0.1, 0.15) is 11.8 Å². The minimum absolute atomic E-state index is 0.403. The fourth-order valence-corrected chi connectivity index (χ4v) is 3.15. The lowest BCUT2D eigenvalue weighted by atomic mass is 10.1. The fourth-order valence-electron chi connectivity index (χ4n) is 3.15. The van der Waals surface area contributed by atoms with Gasteiger partial charge >= 0.3 is 0 Å². The molecule has 8 nitrogen and oxygen atoms in total. The molecule has 0 radical (unpaired) electrons. The highest BCUT2D eigenvalue weighted by molar-refractivity contribution is 5.81. The third-order valence-corrected chi connectivity index (χ3v) is 4.84. The number of hydrogen-bond donors (Lipinski definition) is 1. The number of anilines is 1. The lowest BCUT2D eigenvalue weighted by molar-refractivity contribution is 0.373. The predicted molar refractivity (Wildman–Crippen MR) is 119 cm³/mol. The molecule has 4 aromatic rings. The maximum absolute atomic E-state index is 5.98. The molecule has 0 amide bonds. The first-order chi connectivity index (χ1) is 15.1. The van der Waals surface area contributed by atoms with Crippen molar-refractivity contribution in [1.29, 1.82) is 0 Å². The Morgan fingerprint density at radius 3 is 2.61 bits per heavy atom. The number of rotatable bonds is 8. The Hall–Kier alpha value is -3.81. The zero-order chi connectivity index (χ0) is 21.6. The van der Waals surface area contributed by atoms with Crippen molar-refractivity contribution in [2.75, 3.05) is 19.0 Å². The molecule has 31 heavy (non-hydrogen) atoms. The Bertz CT molecular complexity index is 1180. The minimum atomic E-state index is 0.403. The molecule has 3 aromatic heterocycles. The average Bonchev–Trinajstić information content (AvgIpc) is 2.80. The summed E-state index contributed by atoms with van der Waals surface area (Å²) >= 11 is 0. The van der Waals surface area contributed by atoms with Gasteiger partial charge in [-0.05, 0) is 41.7 Å². The van der Waals surface area contributed by atoms with Crippen LogP contribution in [0.4, 0.5) is 5.82 Å². The van der Waals surface area contributed by atoms with E-state index in [9.17, 15) is 0 Å². The Morgan fingerprint density at radius 2 is 1.77 bits per heavy atom. The highest BCUT2D eigenvalue weighted by Gasteiger charge is 2.10. The first kappa shape index (κ1) is 20.5. The molecule has 0 spiro atoms. The second-order valence-electron chi connectivity index (χ2n) is 7.30. The third kappa shape index (κ3) is 4.85. The van der Waals surface area contributed by atoms with Gasteiger partial charge in [0.15, 0.2) is 23.0 Å². The molecule has 0 aliphatic heterocycles. The number of benzene rings is 1. The van der Waals surface area contributed by atoms with Gasteiger partial charge < -0.3 is 14.8 Å². The quantitative estimate of drug-likeness (QED) is 0.452. The highest BCUT2D eigenvalue weighted by Crippen LogP contribution is 2.32. The highest BCUT2D eigenvalue weighted by atomic mass is 16.5. The van der Waals surface area contributed by atoms with Crippen LogP contribution in [0, 0.1) is 0 Å². The largest absolute Gasteiger partial charge is 0.493 e. The molecular formula is C23H24N6O2. The summed E-state index contributed by atoms with van der Waals surface area (Å²) in [7, 11) is 1.63. The van der Waals surface area contributed by atoms with Gasteiger partial charge in [-0.15, -0.1) is 0 Å². The molecule has 0 fully saturated rings. The number of methoxy groups -OCH3 is 1. The summed E-state index contributed by atoms with van der Waals surface area (Å²) in [6.07, 6.45) is 7.26. The number of nitrogens with one attached hydrogen (secondary N) is 1. The lowest BCUT2D eigenvalue weighted by Gasteiger charge is -2.13. The van der Waals surface area contributed by atoms with Gasteiger partial charge in [0.2, 0.25) is 5.88 Å². The van der Waals surface area contributed by atoms with Gasteiger partial charge in [-0.25, -0.2) is 24.9 Å². The van der Waals surface area contributed by atoms with Crippen LogP contribution in [0.2, 0.25) is 0 Å². The number of nitrogens with zero attached hydrogens (tertiary/aromatic N) is 5. The van der Waals surface area contributed by atoms with E-state index in [1.807, 2.05) is 30.3 Å². The van der Waals surface area contributed by atoms with E-state index in [0.717, 1.165) is 12.0 Å². The van der Waals surface area contributed by atoms with Crippen LogP contribution in [0.25, 0.3) is 11.2 Å². The van der Waals surface area contributed by atoms with Gasteiger partial charge in [0.05, 0.1) is 7.11 Å². The summed E-state index contributed by atoms with van der Waals surface area (Å²) in [5.74, 6) is 2.91. The average molecular weight is 416 g/mol. The number of ether oxygens (including phenoxy) is 2. The van der Waals surface area contributed by atoms with Gasteiger partial charge in [-0.3, -0.25) is 0 Å². The second-order valence-corrected chi connectivity index (χ2v) is 7.30. The van der Waals surface area contributed by atoms with Crippen molar-refractivity contribution < 1.29 is 9.47 Å². The van der Waals surface area contributed by atoms with Crippen LogP contribution >= 0.6 is 0 Å². The normalized spacial score (nSPS) is 11.0. The lowest BCUT2D eigenvalue weighted by Crippen LogP contribution is -2.08. The van der Waals surface area contributed by atoms with Crippen molar-refractivity contribution >= 4 is 17.0 Å². The molecule has 4 rings (SSSR count). The van der Waals surface area contributed by atoms with Crippen LogP contribution in [0.1, 0.15) is 30.9 Å². The van der Waals surface area contributed by atoms with Crippen LogP contribution in [-0.4, -0.2) is 38.6 Å². The second kappa shape index (κ2) is 9.34. The molecule has 0 bridgehead atoms. The number of aromatic nitrogens is 5. The maximum atomic E-state index is 5.98. The van der Waals surface area contributed by atoms with Gasteiger partial charge in [-0.1, -0.05) is 19.9 Å². The molecule has 8 heteroatoms. The monoisotopic (exact) mass is 416 g/mol. The van der Waals surface area contributed by atoms with Crippen molar-refractivity contribution in [3.8, 4) is 17.4 Å². The Balaban J connectivity index is 1.44. The summed E-state index contributed by atoms with van der Waals surface area (Å²) in [5, 5.41) is 3.31. The maximum Gasteiger partial charge on any atom is 0.219 e. The molecule has 0 atom stereocenters. The summed E-state index contributed by atoms with van der Waals surface area (Å²) in [5.41, 5.74) is 3.50. The fraction of sp³-hybridized carbons (Fsp3) is 0.261. The topological polar surface area (TPSA) is 94.9 Å². The summed E-state index contributed by atoms with van der Waals surface area (Å²) in [4.78, 5) is 21.2. The minimum Gasteiger partial charge on any atom is -0.493 e. The Kier molecular flexibility index (Phi) is 6.16. The molecular weight excluding hydrogens is 392 g/mol. The Morgan fingerprint density at radius 1 is 0.903 bits per heavy atom. The van der Waals surface area contributed by atoms with E-state index in [-0.39, 0.29) is 0 Å². The van der Waals surface area contributed by atoms with E-state index in [2.05, 4.69) is 44.1 Å². The SMILES string of the molecule is COc1cc(CCNc2ncnc3nccnc23)ccc1Oc1cc(C(C)C)ccn1. The van der Waals surface area contributed by atoms with Gasteiger partial charge in [0.25, 0.3) is 0 Å². The zero-order valence-corrected chi connectivity index (χ0v) is 17.7. The van der Waals surface area contributed by atoms with E-state index in [1.165, 1.54) is 11.9 Å². The van der Waals surface area contributed by atoms with Crippen LogP contribution in [-0.2, 0) is 6.42 Å². The van der Waals surface area contributed by atoms with Crippen LogP contribution < -0.4 is 14.8 Å². The van der Waals surface area contributed by atoms with Crippen LogP contribution in [0.15, 0.2) is 55.2 Å². The smallest absolute Gasteiger partial charge is 0.219 e. The molecule has 0 unspecified atom stereocenters. The number of pyridine rings is 1.